The van der Waals surface area contributed by atoms with Crippen molar-refractivity contribution in [3.63, 3.8) is 0 Å². The lowest BCUT2D eigenvalue weighted by molar-refractivity contribution is 0.450. The molecule has 1 N–H and O–H groups in total. The second kappa shape index (κ2) is 6.02. The van der Waals surface area contributed by atoms with Crippen LogP contribution in [0.4, 0.5) is 4.39 Å². The molecular formula is C16H20FNO. The molecule has 0 saturated carbocycles. The van der Waals surface area contributed by atoms with Gasteiger partial charge in [0.05, 0.1) is 6.54 Å². The Hall–Kier alpha value is -1.61. The summed E-state index contributed by atoms with van der Waals surface area (Å²) in [6.07, 6.45) is 0.913. The third kappa shape index (κ3) is 3.44. The predicted molar refractivity (Wildman–Crippen MR) is 74.5 cm³/mol. The van der Waals surface area contributed by atoms with Crippen LogP contribution in [-0.2, 0) is 19.5 Å². The predicted octanol–water partition coefficient (Wildman–Crippen LogP) is 3.89. The van der Waals surface area contributed by atoms with Gasteiger partial charge >= 0.3 is 0 Å². The van der Waals surface area contributed by atoms with Crippen molar-refractivity contribution < 1.29 is 8.81 Å². The normalized spacial score (nSPS) is 10.9. The Morgan fingerprint density at radius 2 is 1.68 bits per heavy atom. The van der Waals surface area contributed by atoms with E-state index >= 15 is 0 Å². The van der Waals surface area contributed by atoms with Gasteiger partial charge in [0.25, 0.3) is 0 Å². The molecule has 0 fully saturated rings. The van der Waals surface area contributed by atoms with Gasteiger partial charge in [-0.15, -0.1) is 0 Å². The second-order valence-corrected chi connectivity index (χ2v) is 4.87. The zero-order valence-electron chi connectivity index (χ0n) is 11.7. The highest BCUT2D eigenvalue weighted by Gasteiger charge is 2.05. The zero-order valence-corrected chi connectivity index (χ0v) is 11.7. The largest absolute Gasteiger partial charge is 0.465 e. The van der Waals surface area contributed by atoms with Crippen molar-refractivity contribution in [2.24, 2.45) is 0 Å². The zero-order chi connectivity index (χ0) is 13.8. The van der Waals surface area contributed by atoms with Gasteiger partial charge in [0, 0.05) is 13.0 Å². The van der Waals surface area contributed by atoms with Crippen LogP contribution in [0.5, 0.6) is 0 Å². The number of rotatable bonds is 5. The summed E-state index contributed by atoms with van der Waals surface area (Å²) < 4.78 is 19.1. The Morgan fingerprint density at radius 3 is 2.26 bits per heavy atom. The van der Waals surface area contributed by atoms with Gasteiger partial charge in [-0.3, -0.25) is 0 Å². The summed E-state index contributed by atoms with van der Waals surface area (Å²) in [6, 6.07) is 7.76. The first kappa shape index (κ1) is 13.8. The molecule has 19 heavy (non-hydrogen) atoms. The number of nitrogens with one attached hydrogen (secondary N) is 1. The van der Waals surface area contributed by atoms with E-state index < -0.39 is 0 Å². The van der Waals surface area contributed by atoms with Crippen LogP contribution in [0.15, 0.2) is 28.7 Å². The van der Waals surface area contributed by atoms with Gasteiger partial charge < -0.3 is 9.73 Å². The average Bonchev–Trinajstić information content (AvgIpc) is 2.84. The Labute approximate surface area is 113 Å². The summed E-state index contributed by atoms with van der Waals surface area (Å²) in [5, 5.41) is 3.31. The van der Waals surface area contributed by atoms with Crippen molar-refractivity contribution in [2.45, 2.75) is 40.3 Å². The van der Waals surface area contributed by atoms with Gasteiger partial charge in [-0.25, -0.2) is 4.39 Å². The Kier molecular flexibility index (Phi) is 4.38. The topological polar surface area (TPSA) is 25.2 Å². The van der Waals surface area contributed by atoms with Crippen LogP contribution in [0, 0.1) is 19.7 Å². The van der Waals surface area contributed by atoms with Gasteiger partial charge in [0.15, 0.2) is 0 Å². The minimum atomic E-state index is -0.109. The molecule has 0 unspecified atom stereocenters. The quantitative estimate of drug-likeness (QED) is 0.883. The van der Waals surface area contributed by atoms with Crippen LogP contribution in [0.2, 0.25) is 0 Å². The molecule has 0 aliphatic rings. The molecule has 102 valence electrons. The van der Waals surface area contributed by atoms with Crippen LogP contribution < -0.4 is 5.32 Å². The van der Waals surface area contributed by atoms with E-state index in [2.05, 4.69) is 12.2 Å². The number of halogens is 1. The van der Waals surface area contributed by atoms with Crippen molar-refractivity contribution >= 4 is 0 Å². The molecule has 0 aliphatic carbocycles. The van der Waals surface area contributed by atoms with Crippen LogP contribution in [0.1, 0.15) is 35.1 Å². The monoisotopic (exact) mass is 261 g/mol. The van der Waals surface area contributed by atoms with E-state index in [1.807, 2.05) is 24.3 Å². The molecule has 0 bridgehead atoms. The molecule has 1 aromatic heterocycles. The number of furan rings is 1. The molecule has 0 amide bonds. The SMILES string of the molecule is CCc1ccc(CNCc2cc(C)c(F)c(C)c2)o1. The van der Waals surface area contributed by atoms with E-state index in [1.165, 1.54) is 0 Å². The third-order valence-electron chi connectivity index (χ3n) is 3.19. The van der Waals surface area contributed by atoms with Crippen LogP contribution >= 0.6 is 0 Å². The van der Waals surface area contributed by atoms with Crippen LogP contribution in [-0.4, -0.2) is 0 Å². The van der Waals surface area contributed by atoms with Gasteiger partial charge in [-0.05, 0) is 42.7 Å². The Balaban J connectivity index is 1.92. The van der Waals surface area contributed by atoms with Gasteiger partial charge in [0.2, 0.25) is 0 Å². The molecule has 2 nitrogen and oxygen atoms in total. The van der Waals surface area contributed by atoms with E-state index in [9.17, 15) is 4.39 Å². The molecule has 2 rings (SSSR count). The first-order valence-electron chi connectivity index (χ1n) is 6.64. The highest BCUT2D eigenvalue weighted by Crippen LogP contribution is 2.15. The lowest BCUT2D eigenvalue weighted by Crippen LogP contribution is -2.12. The molecule has 0 atom stereocenters. The maximum atomic E-state index is 13.5. The number of benzene rings is 1. The lowest BCUT2D eigenvalue weighted by atomic mass is 10.1. The van der Waals surface area contributed by atoms with Crippen molar-refractivity contribution in [3.05, 3.63) is 58.3 Å². The highest BCUT2D eigenvalue weighted by molar-refractivity contribution is 5.30. The van der Waals surface area contributed by atoms with Crippen molar-refractivity contribution in [1.82, 2.24) is 5.32 Å². The maximum Gasteiger partial charge on any atom is 0.129 e. The summed E-state index contributed by atoms with van der Waals surface area (Å²) in [7, 11) is 0. The van der Waals surface area contributed by atoms with Crippen molar-refractivity contribution in [2.75, 3.05) is 0 Å². The fourth-order valence-corrected chi connectivity index (χ4v) is 2.18. The standard InChI is InChI=1S/C16H20FNO/c1-4-14-5-6-15(19-14)10-18-9-13-7-11(2)16(17)12(3)8-13/h5-8,18H,4,9-10H2,1-3H3. The lowest BCUT2D eigenvalue weighted by Gasteiger charge is -2.07. The van der Waals surface area contributed by atoms with E-state index in [0.717, 1.165) is 23.5 Å². The molecule has 0 aliphatic heterocycles. The molecule has 0 radical (unpaired) electrons. The maximum absolute atomic E-state index is 13.5. The highest BCUT2D eigenvalue weighted by atomic mass is 19.1. The van der Waals surface area contributed by atoms with E-state index in [4.69, 9.17) is 4.42 Å². The average molecular weight is 261 g/mol. The summed E-state index contributed by atoms with van der Waals surface area (Å²) in [4.78, 5) is 0. The molecule has 2 aromatic rings. The molecular weight excluding hydrogens is 241 g/mol. The first-order chi connectivity index (χ1) is 9.10. The van der Waals surface area contributed by atoms with Crippen LogP contribution in [0.25, 0.3) is 0 Å². The summed E-state index contributed by atoms with van der Waals surface area (Å²) in [6.45, 7) is 7.07. The fourth-order valence-electron chi connectivity index (χ4n) is 2.18. The van der Waals surface area contributed by atoms with Crippen molar-refractivity contribution in [1.29, 1.82) is 0 Å². The summed E-state index contributed by atoms with van der Waals surface area (Å²) >= 11 is 0. The number of aryl methyl sites for hydroxylation is 3. The second-order valence-electron chi connectivity index (χ2n) is 4.87. The molecule has 1 aromatic carbocycles. The smallest absolute Gasteiger partial charge is 0.129 e. The fraction of sp³-hybridized carbons (Fsp3) is 0.375. The van der Waals surface area contributed by atoms with Gasteiger partial charge in [-0.2, -0.15) is 0 Å². The third-order valence-corrected chi connectivity index (χ3v) is 3.19. The van der Waals surface area contributed by atoms with Gasteiger partial charge in [0.1, 0.15) is 17.3 Å². The van der Waals surface area contributed by atoms with E-state index in [-0.39, 0.29) is 5.82 Å². The summed E-state index contributed by atoms with van der Waals surface area (Å²) in [5.74, 6) is 1.83. The molecule has 0 saturated heterocycles. The number of hydrogen-bond donors (Lipinski definition) is 1. The Morgan fingerprint density at radius 1 is 1.05 bits per heavy atom. The van der Waals surface area contributed by atoms with Crippen LogP contribution in [0.3, 0.4) is 0 Å². The molecule has 0 spiro atoms. The van der Waals surface area contributed by atoms with E-state index in [0.29, 0.717) is 24.2 Å². The minimum absolute atomic E-state index is 0.109. The first-order valence-corrected chi connectivity index (χ1v) is 6.64. The molecule has 3 heteroatoms. The number of hydrogen-bond acceptors (Lipinski definition) is 2. The minimum Gasteiger partial charge on any atom is -0.465 e. The summed E-state index contributed by atoms with van der Waals surface area (Å²) in [5.41, 5.74) is 2.49. The van der Waals surface area contributed by atoms with Crippen molar-refractivity contribution in [3.8, 4) is 0 Å². The van der Waals surface area contributed by atoms with E-state index in [1.54, 1.807) is 13.8 Å². The van der Waals surface area contributed by atoms with Gasteiger partial charge in [-0.1, -0.05) is 19.1 Å². The Bertz CT molecular complexity index is 537. The molecule has 1 heterocycles.